The van der Waals surface area contributed by atoms with Crippen molar-refractivity contribution in [2.75, 3.05) is 0 Å². The second kappa shape index (κ2) is 4.79. The highest BCUT2D eigenvalue weighted by molar-refractivity contribution is 7.14. The van der Waals surface area contributed by atoms with E-state index in [1.807, 2.05) is 22.8 Å². The number of aryl methyl sites for hydroxylation is 1. The summed E-state index contributed by atoms with van der Waals surface area (Å²) in [6.45, 7) is 0.593. The molecule has 7 heteroatoms. The molecule has 3 rings (SSSR count). The van der Waals surface area contributed by atoms with Crippen LogP contribution in [0.5, 0.6) is 0 Å². The molecule has 0 aromatic carbocycles. The third-order valence-corrected chi connectivity index (χ3v) is 3.29. The lowest BCUT2D eigenvalue weighted by Gasteiger charge is -1.99. The van der Waals surface area contributed by atoms with E-state index in [1.54, 1.807) is 17.2 Å². The van der Waals surface area contributed by atoms with Gasteiger partial charge in [-0.2, -0.15) is 10.4 Å². The maximum Gasteiger partial charge on any atom is 0.146 e. The summed E-state index contributed by atoms with van der Waals surface area (Å²) in [5.41, 5.74) is 2.65. The SMILES string of the molecule is N#CCCn1cc(-c2ncnc3c2ccn3P)cn1. The molecule has 1 unspecified atom stereocenters. The Morgan fingerprint density at radius 3 is 3.11 bits per heavy atom. The fourth-order valence-corrected chi connectivity index (χ4v) is 2.27. The molecular formula is C12H11N6P. The molecule has 0 saturated carbocycles. The van der Waals surface area contributed by atoms with E-state index < -0.39 is 0 Å². The fraction of sp³-hybridized carbons (Fsp3) is 0.167. The molecule has 3 aromatic rings. The number of hydrogen-bond donors (Lipinski definition) is 0. The van der Waals surface area contributed by atoms with E-state index in [1.165, 1.54) is 0 Å². The summed E-state index contributed by atoms with van der Waals surface area (Å²) in [5.74, 6) is 0. The number of nitriles is 1. The first-order valence-electron chi connectivity index (χ1n) is 5.76. The molecular weight excluding hydrogens is 259 g/mol. The molecule has 1 atom stereocenters. The van der Waals surface area contributed by atoms with Gasteiger partial charge in [-0.15, -0.1) is 0 Å². The molecule has 0 aliphatic carbocycles. The lowest BCUT2D eigenvalue weighted by molar-refractivity contribution is 0.628. The monoisotopic (exact) mass is 270 g/mol. The van der Waals surface area contributed by atoms with Gasteiger partial charge in [0.15, 0.2) is 0 Å². The number of aromatic nitrogens is 5. The second-order valence-corrected chi connectivity index (χ2v) is 4.64. The zero-order chi connectivity index (χ0) is 13.2. The molecule has 0 aliphatic heterocycles. The summed E-state index contributed by atoms with van der Waals surface area (Å²) < 4.78 is 3.63. The Morgan fingerprint density at radius 1 is 1.37 bits per heavy atom. The lowest BCUT2D eigenvalue weighted by atomic mass is 10.2. The van der Waals surface area contributed by atoms with Gasteiger partial charge in [0.1, 0.15) is 12.0 Å². The largest absolute Gasteiger partial charge is 0.317 e. The quantitative estimate of drug-likeness (QED) is 0.681. The number of fused-ring (bicyclic) bond motifs is 1. The zero-order valence-electron chi connectivity index (χ0n) is 10.1. The van der Waals surface area contributed by atoms with E-state index in [2.05, 4.69) is 30.5 Å². The molecule has 3 aromatic heterocycles. The van der Waals surface area contributed by atoms with Crippen LogP contribution >= 0.6 is 9.39 Å². The highest BCUT2D eigenvalue weighted by Crippen LogP contribution is 2.26. The molecule has 0 radical (unpaired) electrons. The minimum absolute atomic E-state index is 0.447. The molecule has 19 heavy (non-hydrogen) atoms. The summed E-state index contributed by atoms with van der Waals surface area (Å²) in [6.07, 6.45) is 7.58. The van der Waals surface area contributed by atoms with Gasteiger partial charge in [0, 0.05) is 23.3 Å². The third-order valence-electron chi connectivity index (χ3n) is 2.87. The molecule has 6 nitrogen and oxygen atoms in total. The third kappa shape index (κ3) is 2.09. The first kappa shape index (κ1) is 11.8. The Balaban J connectivity index is 2.04. The molecule has 0 bridgehead atoms. The van der Waals surface area contributed by atoms with Crippen LogP contribution in [0.3, 0.4) is 0 Å². The van der Waals surface area contributed by atoms with Crippen molar-refractivity contribution in [1.82, 2.24) is 24.1 Å². The first-order valence-corrected chi connectivity index (χ1v) is 6.28. The van der Waals surface area contributed by atoms with Gasteiger partial charge in [-0.05, 0) is 15.5 Å². The molecule has 0 saturated heterocycles. The van der Waals surface area contributed by atoms with Crippen molar-refractivity contribution in [3.05, 3.63) is 31.0 Å². The first-order chi connectivity index (χ1) is 9.29. The van der Waals surface area contributed by atoms with E-state index in [0.717, 1.165) is 22.3 Å². The van der Waals surface area contributed by atoms with Crippen LogP contribution in [0.1, 0.15) is 6.42 Å². The normalized spacial score (nSPS) is 10.7. The van der Waals surface area contributed by atoms with Crippen molar-refractivity contribution < 1.29 is 0 Å². The van der Waals surface area contributed by atoms with Crippen molar-refractivity contribution in [2.24, 2.45) is 0 Å². The predicted molar refractivity (Wildman–Crippen MR) is 74.1 cm³/mol. The minimum atomic E-state index is 0.447. The zero-order valence-corrected chi connectivity index (χ0v) is 11.2. The topological polar surface area (TPSA) is 72.3 Å². The number of rotatable bonds is 3. The highest BCUT2D eigenvalue weighted by atomic mass is 31.0. The maximum absolute atomic E-state index is 8.58. The van der Waals surface area contributed by atoms with Gasteiger partial charge in [-0.25, -0.2) is 9.97 Å². The second-order valence-electron chi connectivity index (χ2n) is 4.08. The van der Waals surface area contributed by atoms with E-state index in [-0.39, 0.29) is 0 Å². The van der Waals surface area contributed by atoms with Crippen molar-refractivity contribution in [3.63, 3.8) is 0 Å². The van der Waals surface area contributed by atoms with E-state index in [4.69, 9.17) is 5.26 Å². The van der Waals surface area contributed by atoms with Crippen molar-refractivity contribution in [2.45, 2.75) is 13.0 Å². The minimum Gasteiger partial charge on any atom is -0.317 e. The molecule has 0 spiro atoms. The van der Waals surface area contributed by atoms with Crippen LogP contribution in [0.25, 0.3) is 22.3 Å². The van der Waals surface area contributed by atoms with E-state index in [0.29, 0.717) is 13.0 Å². The average Bonchev–Trinajstić information content (AvgIpc) is 3.04. The Morgan fingerprint density at radius 2 is 2.26 bits per heavy atom. The van der Waals surface area contributed by atoms with Gasteiger partial charge >= 0.3 is 0 Å². The van der Waals surface area contributed by atoms with Crippen molar-refractivity contribution in [1.29, 1.82) is 5.26 Å². The number of hydrogen-bond acceptors (Lipinski definition) is 4. The Hall–Kier alpha value is -2.25. The molecule has 3 heterocycles. The lowest BCUT2D eigenvalue weighted by Crippen LogP contribution is -1.96. The molecule has 0 N–H and O–H groups in total. The summed E-state index contributed by atoms with van der Waals surface area (Å²) in [5, 5.41) is 13.8. The molecule has 94 valence electrons. The standard InChI is InChI=1S/C12H11N6P/c13-3-1-4-17-7-9(6-16-17)11-10-2-5-18(19)12(10)15-8-14-11/h2,5-8H,1,4,19H2. The van der Waals surface area contributed by atoms with Crippen LogP contribution in [0.2, 0.25) is 0 Å². The van der Waals surface area contributed by atoms with Crippen molar-refractivity contribution in [3.8, 4) is 17.3 Å². The Bertz CT molecular complexity index is 766. The maximum atomic E-state index is 8.58. The van der Waals surface area contributed by atoms with Crippen LogP contribution in [-0.4, -0.2) is 24.1 Å². The summed E-state index contributed by atoms with van der Waals surface area (Å²) in [6, 6.07) is 4.08. The van der Waals surface area contributed by atoms with Gasteiger partial charge in [-0.3, -0.25) is 4.68 Å². The molecule has 0 aliphatic rings. The molecule has 0 fully saturated rings. The van der Waals surface area contributed by atoms with Crippen LogP contribution in [-0.2, 0) is 6.54 Å². The average molecular weight is 270 g/mol. The summed E-state index contributed by atoms with van der Waals surface area (Å²) in [7, 11) is 2.59. The van der Waals surface area contributed by atoms with E-state index >= 15 is 0 Å². The van der Waals surface area contributed by atoms with Gasteiger partial charge in [0.2, 0.25) is 0 Å². The predicted octanol–water partition coefficient (Wildman–Crippen LogP) is 1.85. The van der Waals surface area contributed by atoms with Gasteiger partial charge in [0.05, 0.1) is 30.9 Å². The summed E-state index contributed by atoms with van der Waals surface area (Å²) >= 11 is 0. The Kier molecular flexibility index (Phi) is 2.98. The Labute approximate surface area is 112 Å². The highest BCUT2D eigenvalue weighted by Gasteiger charge is 2.10. The number of nitrogens with zero attached hydrogens (tertiary/aromatic N) is 6. The summed E-state index contributed by atoms with van der Waals surface area (Å²) in [4.78, 5) is 8.58. The van der Waals surface area contributed by atoms with Crippen LogP contribution in [0.4, 0.5) is 0 Å². The van der Waals surface area contributed by atoms with Crippen LogP contribution in [0.15, 0.2) is 31.0 Å². The van der Waals surface area contributed by atoms with Crippen LogP contribution in [0, 0.1) is 11.3 Å². The smallest absolute Gasteiger partial charge is 0.146 e. The fourth-order valence-electron chi connectivity index (χ4n) is 1.97. The van der Waals surface area contributed by atoms with Crippen LogP contribution < -0.4 is 0 Å². The van der Waals surface area contributed by atoms with Gasteiger partial charge < -0.3 is 4.34 Å². The molecule has 0 amide bonds. The van der Waals surface area contributed by atoms with E-state index in [9.17, 15) is 0 Å². The van der Waals surface area contributed by atoms with Crippen molar-refractivity contribution >= 4 is 20.4 Å². The van der Waals surface area contributed by atoms with Gasteiger partial charge in [-0.1, -0.05) is 0 Å². The van der Waals surface area contributed by atoms with Gasteiger partial charge in [0.25, 0.3) is 0 Å².